The van der Waals surface area contributed by atoms with Crippen molar-refractivity contribution in [2.75, 3.05) is 0 Å². The van der Waals surface area contributed by atoms with Crippen LogP contribution in [0.2, 0.25) is 0 Å². The van der Waals surface area contributed by atoms with Crippen molar-refractivity contribution in [3.8, 4) is 0 Å². The molecule has 1 N–H and O–H groups in total. The molecule has 4 nitrogen and oxygen atoms in total. The van der Waals surface area contributed by atoms with E-state index < -0.39 is 17.7 Å². The number of amides is 1. The van der Waals surface area contributed by atoms with Crippen LogP contribution < -0.4 is 5.32 Å². The molecule has 158 valence electrons. The summed E-state index contributed by atoms with van der Waals surface area (Å²) in [6, 6.07) is -0.562. The van der Waals surface area contributed by atoms with E-state index in [1.165, 1.54) is 64.2 Å². The standard InChI is InChI=1S/C23H43NO3/c1-6-7-8-9-10-11-12-13-14-15-16-17-18-19-21(25)20(2)24-22(26)27-23(3,4)5/h18-20H,6-17H2,1-5H3,(H,24,26)/t20-/m0/s1. The van der Waals surface area contributed by atoms with Crippen molar-refractivity contribution in [2.24, 2.45) is 0 Å². The minimum atomic E-state index is -0.562. The van der Waals surface area contributed by atoms with Gasteiger partial charge in [0.15, 0.2) is 5.78 Å². The summed E-state index contributed by atoms with van der Waals surface area (Å²) >= 11 is 0. The van der Waals surface area contributed by atoms with E-state index in [2.05, 4.69) is 12.2 Å². The summed E-state index contributed by atoms with van der Waals surface area (Å²) in [4.78, 5) is 23.6. The lowest BCUT2D eigenvalue weighted by Gasteiger charge is -2.21. The molecule has 0 saturated carbocycles. The molecular formula is C23H43NO3. The molecule has 0 bridgehead atoms. The third-order valence-electron chi connectivity index (χ3n) is 4.42. The fourth-order valence-corrected chi connectivity index (χ4v) is 2.83. The average molecular weight is 382 g/mol. The third kappa shape index (κ3) is 17.8. The number of hydrogen-bond donors (Lipinski definition) is 1. The van der Waals surface area contributed by atoms with Crippen LogP contribution in [0.3, 0.4) is 0 Å². The molecule has 0 fully saturated rings. The average Bonchev–Trinajstić information content (AvgIpc) is 2.57. The summed E-state index contributed by atoms with van der Waals surface area (Å²) in [6.07, 6.45) is 18.4. The van der Waals surface area contributed by atoms with Gasteiger partial charge in [0.1, 0.15) is 5.60 Å². The number of carbonyl (C=O) groups is 2. The Morgan fingerprint density at radius 1 is 0.889 bits per heavy atom. The lowest BCUT2D eigenvalue weighted by Crippen LogP contribution is -2.41. The maximum absolute atomic E-state index is 12.0. The SMILES string of the molecule is CCCCCCCCCCCCCC=CC(=O)[C@H](C)NC(=O)OC(C)(C)C. The second-order valence-corrected chi connectivity index (χ2v) is 8.50. The fourth-order valence-electron chi connectivity index (χ4n) is 2.83. The van der Waals surface area contributed by atoms with Crippen LogP contribution in [-0.2, 0) is 9.53 Å². The molecule has 0 aromatic rings. The minimum absolute atomic E-state index is 0.0936. The number of allylic oxidation sites excluding steroid dienone is 1. The molecule has 0 aromatic carbocycles. The minimum Gasteiger partial charge on any atom is -0.444 e. The number of nitrogens with one attached hydrogen (secondary N) is 1. The number of hydrogen-bond acceptors (Lipinski definition) is 3. The molecule has 0 aliphatic carbocycles. The van der Waals surface area contributed by atoms with E-state index in [1.807, 2.05) is 6.08 Å². The Morgan fingerprint density at radius 3 is 1.85 bits per heavy atom. The van der Waals surface area contributed by atoms with Crippen LogP contribution in [0, 0.1) is 0 Å². The van der Waals surface area contributed by atoms with Crippen LogP contribution in [-0.4, -0.2) is 23.5 Å². The van der Waals surface area contributed by atoms with Crippen molar-refractivity contribution in [1.82, 2.24) is 5.32 Å². The van der Waals surface area contributed by atoms with E-state index >= 15 is 0 Å². The predicted octanol–water partition coefficient (Wildman–Crippen LogP) is 6.73. The quantitative estimate of drug-likeness (QED) is 0.253. The normalized spacial score (nSPS) is 12.9. The van der Waals surface area contributed by atoms with Gasteiger partial charge < -0.3 is 10.1 Å². The Bertz CT molecular complexity index is 424. The molecule has 27 heavy (non-hydrogen) atoms. The topological polar surface area (TPSA) is 55.4 Å². The monoisotopic (exact) mass is 381 g/mol. The highest BCUT2D eigenvalue weighted by molar-refractivity contribution is 5.95. The maximum atomic E-state index is 12.0. The molecule has 1 amide bonds. The first-order valence-electron chi connectivity index (χ1n) is 11.0. The van der Waals surface area contributed by atoms with Crippen LogP contribution in [0.4, 0.5) is 4.79 Å². The van der Waals surface area contributed by atoms with Crippen LogP contribution in [0.25, 0.3) is 0 Å². The molecule has 0 unspecified atom stereocenters. The molecule has 0 aliphatic heterocycles. The Hall–Kier alpha value is -1.32. The molecule has 0 radical (unpaired) electrons. The Labute approximate surface area is 167 Å². The molecule has 1 atom stereocenters. The largest absolute Gasteiger partial charge is 0.444 e. The number of rotatable bonds is 15. The van der Waals surface area contributed by atoms with Gasteiger partial charge in [-0.05, 0) is 46.6 Å². The lowest BCUT2D eigenvalue weighted by molar-refractivity contribution is -0.116. The van der Waals surface area contributed by atoms with Crippen molar-refractivity contribution >= 4 is 11.9 Å². The predicted molar refractivity (Wildman–Crippen MR) is 114 cm³/mol. The van der Waals surface area contributed by atoms with Gasteiger partial charge in [0.2, 0.25) is 0 Å². The van der Waals surface area contributed by atoms with Crippen LogP contribution in [0.1, 0.15) is 112 Å². The van der Waals surface area contributed by atoms with Gasteiger partial charge in [0.05, 0.1) is 6.04 Å². The second kappa shape index (κ2) is 15.7. The Balaban J connectivity index is 3.62. The van der Waals surface area contributed by atoms with E-state index in [0.29, 0.717) is 0 Å². The number of carbonyl (C=O) groups excluding carboxylic acids is 2. The van der Waals surface area contributed by atoms with Crippen molar-refractivity contribution in [2.45, 2.75) is 123 Å². The summed E-state index contributed by atoms with van der Waals surface area (Å²) in [5.41, 5.74) is -0.558. The summed E-state index contributed by atoms with van der Waals surface area (Å²) in [5.74, 6) is -0.0936. The zero-order valence-electron chi connectivity index (χ0n) is 18.4. The zero-order valence-corrected chi connectivity index (χ0v) is 18.4. The summed E-state index contributed by atoms with van der Waals surface area (Å²) in [7, 11) is 0. The molecule has 0 rings (SSSR count). The Kier molecular flexibility index (Phi) is 14.9. The van der Waals surface area contributed by atoms with Gasteiger partial charge in [-0.25, -0.2) is 4.79 Å². The van der Waals surface area contributed by atoms with Gasteiger partial charge in [-0.2, -0.15) is 0 Å². The van der Waals surface area contributed by atoms with Gasteiger partial charge in [-0.1, -0.05) is 77.2 Å². The van der Waals surface area contributed by atoms with E-state index in [-0.39, 0.29) is 5.78 Å². The first-order chi connectivity index (χ1) is 12.8. The highest BCUT2D eigenvalue weighted by Crippen LogP contribution is 2.12. The van der Waals surface area contributed by atoms with Crippen LogP contribution in [0.15, 0.2) is 12.2 Å². The van der Waals surface area contributed by atoms with Crippen molar-refractivity contribution in [3.63, 3.8) is 0 Å². The summed E-state index contributed by atoms with van der Waals surface area (Å²) < 4.78 is 5.15. The van der Waals surface area contributed by atoms with Crippen molar-refractivity contribution < 1.29 is 14.3 Å². The second-order valence-electron chi connectivity index (χ2n) is 8.50. The maximum Gasteiger partial charge on any atom is 0.408 e. The van der Waals surface area contributed by atoms with Crippen molar-refractivity contribution in [1.29, 1.82) is 0 Å². The van der Waals surface area contributed by atoms with E-state index in [1.54, 1.807) is 33.8 Å². The Morgan fingerprint density at radius 2 is 1.37 bits per heavy atom. The third-order valence-corrected chi connectivity index (χ3v) is 4.42. The summed E-state index contributed by atoms with van der Waals surface area (Å²) in [6.45, 7) is 9.33. The van der Waals surface area contributed by atoms with E-state index in [4.69, 9.17) is 4.74 Å². The van der Waals surface area contributed by atoms with Crippen LogP contribution >= 0.6 is 0 Å². The fraction of sp³-hybridized carbons (Fsp3) is 0.826. The number of ether oxygens (including phenoxy) is 1. The molecule has 0 saturated heterocycles. The van der Waals surface area contributed by atoms with Crippen molar-refractivity contribution in [3.05, 3.63) is 12.2 Å². The first-order valence-corrected chi connectivity index (χ1v) is 11.0. The number of unbranched alkanes of at least 4 members (excludes halogenated alkanes) is 11. The molecule has 0 aliphatic rings. The van der Waals surface area contributed by atoms with Gasteiger partial charge in [0, 0.05) is 0 Å². The van der Waals surface area contributed by atoms with Gasteiger partial charge in [-0.3, -0.25) is 4.79 Å². The molecule has 0 heterocycles. The van der Waals surface area contributed by atoms with E-state index in [9.17, 15) is 9.59 Å². The van der Waals surface area contributed by atoms with Gasteiger partial charge >= 0.3 is 6.09 Å². The molecule has 0 spiro atoms. The van der Waals surface area contributed by atoms with E-state index in [0.717, 1.165) is 12.8 Å². The highest BCUT2D eigenvalue weighted by Gasteiger charge is 2.19. The molecular weight excluding hydrogens is 338 g/mol. The van der Waals surface area contributed by atoms with Gasteiger partial charge in [0.25, 0.3) is 0 Å². The highest BCUT2D eigenvalue weighted by atomic mass is 16.6. The number of ketones is 1. The smallest absolute Gasteiger partial charge is 0.408 e. The van der Waals surface area contributed by atoms with Crippen LogP contribution in [0.5, 0.6) is 0 Å². The lowest BCUT2D eigenvalue weighted by atomic mass is 10.1. The summed E-state index contributed by atoms with van der Waals surface area (Å²) in [5, 5.41) is 2.57. The zero-order chi connectivity index (χ0) is 20.5. The number of alkyl carbamates (subject to hydrolysis) is 1. The molecule has 4 heteroatoms. The first kappa shape index (κ1) is 25.7. The van der Waals surface area contributed by atoms with Gasteiger partial charge in [-0.15, -0.1) is 0 Å². The molecule has 0 aromatic heterocycles.